The molecule has 2 aliphatic rings. The van der Waals surface area contributed by atoms with Gasteiger partial charge in [-0.15, -0.1) is 0 Å². The molecule has 2 fully saturated rings. The van der Waals surface area contributed by atoms with Gasteiger partial charge in [-0.25, -0.2) is 0 Å². The lowest BCUT2D eigenvalue weighted by atomic mass is 9.75. The monoisotopic (exact) mass is 327 g/mol. The number of carbonyl (C=O) groups excluding carboxylic acids is 1. The van der Waals surface area contributed by atoms with Crippen LogP contribution in [0.4, 0.5) is 0 Å². The van der Waals surface area contributed by atoms with Crippen LogP contribution >= 0.6 is 0 Å². The number of nitrogens with zero attached hydrogens (tertiary/aromatic N) is 2. The Kier molecular flexibility index (Phi) is 4.93. The average molecular weight is 327 g/mol. The first-order valence-electron chi connectivity index (χ1n) is 9.20. The molecule has 1 aliphatic heterocycles. The lowest BCUT2D eigenvalue weighted by Crippen LogP contribution is -2.51. The maximum absolute atomic E-state index is 12.0. The number of likely N-dealkylation sites (N-methyl/N-ethyl adjacent to an activating group) is 1. The van der Waals surface area contributed by atoms with Crippen LogP contribution in [-0.2, 0) is 16.6 Å². The molecule has 24 heavy (non-hydrogen) atoms. The number of rotatable bonds is 4. The molecule has 1 amide bonds. The van der Waals surface area contributed by atoms with Crippen LogP contribution in [0.1, 0.15) is 50.2 Å². The maximum Gasteiger partial charge on any atom is 0.241 e. The molecular formula is C20H29N3O. The quantitative estimate of drug-likeness (QED) is 0.682. The Bertz CT molecular complexity index is 619. The number of hydrogen-bond donors (Lipinski definition) is 1. The van der Waals surface area contributed by atoms with E-state index >= 15 is 0 Å². The van der Waals surface area contributed by atoms with Gasteiger partial charge in [-0.3, -0.25) is 10.2 Å². The Labute approximate surface area is 145 Å². The number of hydrogen-bond acceptors (Lipinski definition) is 2. The van der Waals surface area contributed by atoms with E-state index in [9.17, 15) is 4.79 Å². The van der Waals surface area contributed by atoms with Crippen LogP contribution in [0.15, 0.2) is 24.3 Å². The standard InChI is InChI=1S/C20H29N3O/c1-3-16-7-6-8-17(13-16)20(9-4-5-10-20)14-18(21)23-12-11-22(2)19(24)15-23/h6-8,13,21H,3-5,9-12,14-15H2,1-2H3. The van der Waals surface area contributed by atoms with E-state index in [0.717, 1.165) is 38.8 Å². The molecule has 1 N–H and O–H groups in total. The van der Waals surface area contributed by atoms with Gasteiger partial charge in [-0.05, 0) is 30.4 Å². The zero-order valence-corrected chi connectivity index (χ0v) is 15.0. The van der Waals surface area contributed by atoms with E-state index in [1.165, 1.54) is 24.0 Å². The van der Waals surface area contributed by atoms with E-state index in [1.54, 1.807) is 4.90 Å². The SMILES string of the molecule is CCc1cccc(C2(CC(=N)N3CCN(C)C(=O)C3)CCCC2)c1. The van der Waals surface area contributed by atoms with Crippen molar-refractivity contribution in [3.63, 3.8) is 0 Å². The van der Waals surface area contributed by atoms with Crippen LogP contribution in [0.5, 0.6) is 0 Å². The Balaban J connectivity index is 1.78. The van der Waals surface area contributed by atoms with Crippen LogP contribution < -0.4 is 0 Å². The molecule has 1 saturated carbocycles. The van der Waals surface area contributed by atoms with Crippen molar-refractivity contribution in [2.24, 2.45) is 0 Å². The summed E-state index contributed by atoms with van der Waals surface area (Å²) in [5.74, 6) is 0.764. The molecule has 0 bridgehead atoms. The zero-order chi connectivity index (χ0) is 17.2. The topological polar surface area (TPSA) is 47.4 Å². The molecule has 4 heteroatoms. The first kappa shape index (κ1) is 17.0. The van der Waals surface area contributed by atoms with E-state index < -0.39 is 0 Å². The smallest absolute Gasteiger partial charge is 0.241 e. The second-order valence-electron chi connectivity index (χ2n) is 7.40. The first-order chi connectivity index (χ1) is 11.5. The molecule has 0 unspecified atom stereocenters. The minimum atomic E-state index is 0.0919. The summed E-state index contributed by atoms with van der Waals surface area (Å²) in [6.07, 6.45) is 6.61. The summed E-state index contributed by atoms with van der Waals surface area (Å²) in [5.41, 5.74) is 2.86. The second kappa shape index (κ2) is 6.96. The summed E-state index contributed by atoms with van der Waals surface area (Å²) in [5, 5.41) is 8.63. The third-order valence-corrected chi connectivity index (χ3v) is 5.85. The molecule has 1 aliphatic carbocycles. The largest absolute Gasteiger partial charge is 0.349 e. The van der Waals surface area contributed by atoms with Gasteiger partial charge in [0, 0.05) is 32.0 Å². The van der Waals surface area contributed by atoms with E-state index in [0.29, 0.717) is 12.4 Å². The van der Waals surface area contributed by atoms with Crippen molar-refractivity contribution in [1.82, 2.24) is 9.80 Å². The summed E-state index contributed by atoms with van der Waals surface area (Å²) < 4.78 is 0. The summed E-state index contributed by atoms with van der Waals surface area (Å²) in [4.78, 5) is 15.7. The summed E-state index contributed by atoms with van der Waals surface area (Å²) in [6, 6.07) is 8.94. The molecule has 4 nitrogen and oxygen atoms in total. The fourth-order valence-electron chi connectivity index (χ4n) is 4.16. The number of benzene rings is 1. The molecule has 1 aromatic carbocycles. The van der Waals surface area contributed by atoms with E-state index in [-0.39, 0.29) is 11.3 Å². The fraction of sp³-hybridized carbons (Fsp3) is 0.600. The molecule has 0 radical (unpaired) electrons. The highest BCUT2D eigenvalue weighted by Gasteiger charge is 2.38. The van der Waals surface area contributed by atoms with Gasteiger partial charge in [0.15, 0.2) is 0 Å². The van der Waals surface area contributed by atoms with Crippen molar-refractivity contribution in [3.8, 4) is 0 Å². The molecule has 0 aromatic heterocycles. The second-order valence-corrected chi connectivity index (χ2v) is 7.40. The average Bonchev–Trinajstić information content (AvgIpc) is 3.07. The maximum atomic E-state index is 12.0. The molecule has 1 saturated heterocycles. The lowest BCUT2D eigenvalue weighted by molar-refractivity contribution is -0.132. The minimum absolute atomic E-state index is 0.0919. The highest BCUT2D eigenvalue weighted by Crippen LogP contribution is 2.44. The highest BCUT2D eigenvalue weighted by atomic mass is 16.2. The number of nitrogens with one attached hydrogen (secondary N) is 1. The number of carbonyl (C=O) groups is 1. The van der Waals surface area contributed by atoms with Gasteiger partial charge in [-0.2, -0.15) is 0 Å². The van der Waals surface area contributed by atoms with E-state index in [2.05, 4.69) is 31.2 Å². The van der Waals surface area contributed by atoms with Crippen LogP contribution in [0.3, 0.4) is 0 Å². The number of aryl methyl sites for hydroxylation is 1. The highest BCUT2D eigenvalue weighted by molar-refractivity contribution is 5.88. The van der Waals surface area contributed by atoms with Gasteiger partial charge in [0.2, 0.25) is 5.91 Å². The number of amidine groups is 1. The summed E-state index contributed by atoms with van der Waals surface area (Å²) in [7, 11) is 1.85. The van der Waals surface area contributed by atoms with Crippen molar-refractivity contribution in [2.75, 3.05) is 26.7 Å². The van der Waals surface area contributed by atoms with Crippen molar-refractivity contribution in [1.29, 1.82) is 5.41 Å². The van der Waals surface area contributed by atoms with Crippen LogP contribution in [0, 0.1) is 5.41 Å². The Morgan fingerprint density at radius 2 is 2.00 bits per heavy atom. The van der Waals surface area contributed by atoms with Gasteiger partial charge in [0.05, 0.1) is 12.4 Å². The number of piperazine rings is 1. The minimum Gasteiger partial charge on any atom is -0.349 e. The molecule has 1 heterocycles. The normalized spacial score (nSPS) is 20.5. The first-order valence-corrected chi connectivity index (χ1v) is 9.20. The van der Waals surface area contributed by atoms with E-state index in [4.69, 9.17) is 5.41 Å². The molecule has 1 aromatic rings. The molecular weight excluding hydrogens is 298 g/mol. The van der Waals surface area contributed by atoms with E-state index in [1.807, 2.05) is 11.9 Å². The summed E-state index contributed by atoms with van der Waals surface area (Å²) in [6.45, 7) is 4.06. The third-order valence-electron chi connectivity index (χ3n) is 5.85. The van der Waals surface area contributed by atoms with Gasteiger partial charge >= 0.3 is 0 Å². The van der Waals surface area contributed by atoms with Gasteiger partial charge in [-0.1, -0.05) is 44.0 Å². The van der Waals surface area contributed by atoms with Gasteiger partial charge in [0.1, 0.15) is 0 Å². The molecule has 0 spiro atoms. The molecule has 130 valence electrons. The molecule has 3 rings (SSSR count). The fourth-order valence-corrected chi connectivity index (χ4v) is 4.16. The zero-order valence-electron chi connectivity index (χ0n) is 15.0. The van der Waals surface area contributed by atoms with Crippen molar-refractivity contribution in [2.45, 2.75) is 50.9 Å². The van der Waals surface area contributed by atoms with Gasteiger partial charge in [0.25, 0.3) is 0 Å². The molecule has 0 atom stereocenters. The van der Waals surface area contributed by atoms with Crippen molar-refractivity contribution >= 4 is 11.7 Å². The van der Waals surface area contributed by atoms with Crippen molar-refractivity contribution < 1.29 is 4.79 Å². The Morgan fingerprint density at radius 1 is 1.25 bits per heavy atom. The van der Waals surface area contributed by atoms with Gasteiger partial charge < -0.3 is 9.80 Å². The third kappa shape index (κ3) is 3.33. The summed E-state index contributed by atoms with van der Waals surface area (Å²) >= 11 is 0. The van der Waals surface area contributed by atoms with Crippen LogP contribution in [0.25, 0.3) is 0 Å². The lowest BCUT2D eigenvalue weighted by Gasteiger charge is -2.37. The Morgan fingerprint density at radius 3 is 2.67 bits per heavy atom. The predicted molar refractivity (Wildman–Crippen MR) is 97.5 cm³/mol. The van der Waals surface area contributed by atoms with Crippen LogP contribution in [-0.4, -0.2) is 48.2 Å². The Hall–Kier alpha value is -1.84. The predicted octanol–water partition coefficient (Wildman–Crippen LogP) is 3.20. The number of amides is 1. The van der Waals surface area contributed by atoms with Crippen molar-refractivity contribution in [3.05, 3.63) is 35.4 Å². The van der Waals surface area contributed by atoms with Crippen LogP contribution in [0.2, 0.25) is 0 Å².